The lowest BCUT2D eigenvalue weighted by Crippen LogP contribution is -2.24. The Hall–Kier alpha value is -4.00. The van der Waals surface area contributed by atoms with Crippen LogP contribution in [0.3, 0.4) is 0 Å². The number of nitrogens with zero attached hydrogens (tertiary/aromatic N) is 1. The third-order valence-corrected chi connectivity index (χ3v) is 4.45. The van der Waals surface area contributed by atoms with E-state index >= 15 is 0 Å². The number of nitrogens with one attached hydrogen (secondary N) is 1. The van der Waals surface area contributed by atoms with E-state index in [1.165, 1.54) is 24.3 Å². The van der Waals surface area contributed by atoms with E-state index in [9.17, 15) is 19.7 Å². The number of benzene rings is 3. The van der Waals surface area contributed by atoms with Crippen molar-refractivity contribution >= 4 is 23.1 Å². The molecule has 0 saturated carbocycles. The van der Waals surface area contributed by atoms with Crippen molar-refractivity contribution in [2.75, 3.05) is 5.32 Å². The number of rotatable bonds is 7. The van der Waals surface area contributed by atoms with Crippen molar-refractivity contribution in [2.24, 2.45) is 0 Å². The molecule has 152 valence electrons. The fraction of sp³-hybridized carbons (Fsp3) is 0.130. The fourth-order valence-electron chi connectivity index (χ4n) is 2.80. The SMILES string of the molecule is Cc1ccc(C(=O)[C@H](C)Oc2cccc(NC(=O)c3ccc([N+](=O)[O-])cc3)c2)cc1. The van der Waals surface area contributed by atoms with E-state index in [1.54, 1.807) is 43.3 Å². The highest BCUT2D eigenvalue weighted by Crippen LogP contribution is 2.21. The summed E-state index contributed by atoms with van der Waals surface area (Å²) in [6.45, 7) is 3.62. The number of carbonyl (C=O) groups excluding carboxylic acids is 2. The number of non-ortho nitro benzene ring substituents is 1. The summed E-state index contributed by atoms with van der Waals surface area (Å²) in [5, 5.41) is 13.4. The minimum absolute atomic E-state index is 0.0887. The summed E-state index contributed by atoms with van der Waals surface area (Å²) < 4.78 is 5.75. The van der Waals surface area contributed by atoms with E-state index in [0.29, 0.717) is 17.0 Å². The Morgan fingerprint density at radius 2 is 1.60 bits per heavy atom. The average molecular weight is 404 g/mol. The topological polar surface area (TPSA) is 98.5 Å². The smallest absolute Gasteiger partial charge is 0.269 e. The number of hydrogen-bond donors (Lipinski definition) is 1. The van der Waals surface area contributed by atoms with Crippen LogP contribution in [-0.4, -0.2) is 22.7 Å². The van der Waals surface area contributed by atoms with Gasteiger partial charge < -0.3 is 10.1 Å². The van der Waals surface area contributed by atoms with Gasteiger partial charge in [0.1, 0.15) is 5.75 Å². The van der Waals surface area contributed by atoms with Crippen molar-refractivity contribution in [2.45, 2.75) is 20.0 Å². The maximum Gasteiger partial charge on any atom is 0.269 e. The number of Topliss-reactive ketones (excluding diaryl/α,β-unsaturated/α-hetero) is 1. The van der Waals surface area contributed by atoms with Crippen LogP contribution in [0.5, 0.6) is 5.75 Å². The molecule has 7 heteroatoms. The van der Waals surface area contributed by atoms with Gasteiger partial charge in [-0.2, -0.15) is 0 Å². The van der Waals surface area contributed by atoms with E-state index < -0.39 is 16.9 Å². The van der Waals surface area contributed by atoms with Crippen LogP contribution in [0.2, 0.25) is 0 Å². The minimum Gasteiger partial charge on any atom is -0.482 e. The Labute approximate surface area is 173 Å². The van der Waals surface area contributed by atoms with Crippen LogP contribution in [0.25, 0.3) is 0 Å². The number of aryl methyl sites for hydroxylation is 1. The number of nitro groups is 1. The van der Waals surface area contributed by atoms with Crippen molar-refractivity contribution in [1.82, 2.24) is 0 Å². The molecule has 3 aromatic rings. The Bertz CT molecular complexity index is 1080. The van der Waals surface area contributed by atoms with E-state index in [4.69, 9.17) is 4.74 Å². The summed E-state index contributed by atoms with van der Waals surface area (Å²) in [7, 11) is 0. The van der Waals surface area contributed by atoms with Crippen molar-refractivity contribution < 1.29 is 19.2 Å². The average Bonchev–Trinajstić information content (AvgIpc) is 2.74. The second kappa shape index (κ2) is 9.00. The molecule has 1 amide bonds. The van der Waals surface area contributed by atoms with Crippen LogP contribution in [0.4, 0.5) is 11.4 Å². The number of anilines is 1. The molecule has 30 heavy (non-hydrogen) atoms. The molecule has 0 radical (unpaired) electrons. The highest BCUT2D eigenvalue weighted by Gasteiger charge is 2.17. The van der Waals surface area contributed by atoms with Crippen LogP contribution >= 0.6 is 0 Å². The Morgan fingerprint density at radius 1 is 0.967 bits per heavy atom. The van der Waals surface area contributed by atoms with Gasteiger partial charge in [-0.25, -0.2) is 0 Å². The van der Waals surface area contributed by atoms with Crippen LogP contribution in [0.15, 0.2) is 72.8 Å². The largest absolute Gasteiger partial charge is 0.482 e. The van der Waals surface area contributed by atoms with Crippen molar-refractivity contribution in [3.05, 3.63) is 99.6 Å². The molecule has 0 saturated heterocycles. The molecule has 0 heterocycles. The molecule has 3 aromatic carbocycles. The lowest BCUT2D eigenvalue weighted by Gasteiger charge is -2.15. The van der Waals surface area contributed by atoms with Gasteiger partial charge in [0.2, 0.25) is 5.78 Å². The van der Waals surface area contributed by atoms with Gasteiger partial charge in [0.25, 0.3) is 11.6 Å². The zero-order valence-corrected chi connectivity index (χ0v) is 16.5. The normalized spacial score (nSPS) is 11.4. The number of ketones is 1. The lowest BCUT2D eigenvalue weighted by atomic mass is 10.1. The van der Waals surface area contributed by atoms with Crippen LogP contribution < -0.4 is 10.1 Å². The number of carbonyl (C=O) groups is 2. The van der Waals surface area contributed by atoms with E-state index in [2.05, 4.69) is 5.32 Å². The predicted molar refractivity (Wildman–Crippen MR) is 113 cm³/mol. The first kappa shape index (κ1) is 20.7. The second-order valence-electron chi connectivity index (χ2n) is 6.78. The van der Waals surface area contributed by atoms with Gasteiger partial charge in [-0.05, 0) is 38.1 Å². The Balaban J connectivity index is 1.66. The molecule has 0 aliphatic carbocycles. The molecule has 0 spiro atoms. The first-order chi connectivity index (χ1) is 14.3. The molecular weight excluding hydrogens is 384 g/mol. The zero-order valence-electron chi connectivity index (χ0n) is 16.5. The molecule has 0 aromatic heterocycles. The van der Waals surface area contributed by atoms with Gasteiger partial charge in [0.15, 0.2) is 6.10 Å². The fourth-order valence-corrected chi connectivity index (χ4v) is 2.80. The molecule has 7 nitrogen and oxygen atoms in total. The number of nitro benzene ring substituents is 1. The third kappa shape index (κ3) is 5.08. The molecule has 0 unspecified atom stereocenters. The van der Waals surface area contributed by atoms with E-state index in [0.717, 1.165) is 5.56 Å². The van der Waals surface area contributed by atoms with E-state index in [-0.39, 0.29) is 17.0 Å². The first-order valence-corrected chi connectivity index (χ1v) is 9.27. The van der Waals surface area contributed by atoms with Crippen LogP contribution in [0, 0.1) is 17.0 Å². The summed E-state index contributed by atoms with van der Waals surface area (Å²) in [6, 6.07) is 19.3. The van der Waals surface area contributed by atoms with Crippen molar-refractivity contribution in [3.63, 3.8) is 0 Å². The summed E-state index contributed by atoms with van der Waals surface area (Å²) in [4.78, 5) is 35.1. The second-order valence-corrected chi connectivity index (χ2v) is 6.78. The summed E-state index contributed by atoms with van der Waals surface area (Å²) in [5.74, 6) is -0.120. The zero-order chi connectivity index (χ0) is 21.7. The number of ether oxygens (including phenoxy) is 1. The molecule has 0 aliphatic rings. The number of hydrogen-bond acceptors (Lipinski definition) is 5. The molecular formula is C23H20N2O5. The van der Waals surface area contributed by atoms with Gasteiger partial charge in [-0.1, -0.05) is 35.9 Å². The van der Waals surface area contributed by atoms with Crippen LogP contribution in [-0.2, 0) is 0 Å². The maximum absolute atomic E-state index is 12.5. The van der Waals surface area contributed by atoms with Gasteiger partial charge in [0.05, 0.1) is 4.92 Å². The monoisotopic (exact) mass is 404 g/mol. The number of amides is 1. The molecule has 0 fully saturated rings. The Kier molecular flexibility index (Phi) is 6.22. The molecule has 0 aliphatic heterocycles. The van der Waals surface area contributed by atoms with Gasteiger partial charge in [0, 0.05) is 35.0 Å². The van der Waals surface area contributed by atoms with E-state index in [1.807, 2.05) is 19.1 Å². The molecule has 0 bridgehead atoms. The Morgan fingerprint density at radius 3 is 2.23 bits per heavy atom. The standard InChI is InChI=1S/C23H20N2O5/c1-15-6-8-17(9-7-15)22(26)16(2)30-21-5-3-4-19(14-21)24-23(27)18-10-12-20(13-11-18)25(28)29/h3-14,16H,1-2H3,(H,24,27)/t16-/m0/s1. The predicted octanol–water partition coefficient (Wildman–Crippen LogP) is 4.81. The van der Waals surface area contributed by atoms with Gasteiger partial charge in [-0.15, -0.1) is 0 Å². The van der Waals surface area contributed by atoms with Gasteiger partial charge in [-0.3, -0.25) is 19.7 Å². The molecule has 1 atom stereocenters. The van der Waals surface area contributed by atoms with Crippen molar-refractivity contribution in [1.29, 1.82) is 0 Å². The van der Waals surface area contributed by atoms with Crippen LogP contribution in [0.1, 0.15) is 33.2 Å². The first-order valence-electron chi connectivity index (χ1n) is 9.27. The molecule has 3 rings (SSSR count). The molecule has 1 N–H and O–H groups in total. The lowest BCUT2D eigenvalue weighted by molar-refractivity contribution is -0.384. The quantitative estimate of drug-likeness (QED) is 0.346. The summed E-state index contributed by atoms with van der Waals surface area (Å²) in [5.41, 5.74) is 2.31. The summed E-state index contributed by atoms with van der Waals surface area (Å²) in [6.07, 6.45) is -0.701. The summed E-state index contributed by atoms with van der Waals surface area (Å²) >= 11 is 0. The van der Waals surface area contributed by atoms with Crippen molar-refractivity contribution in [3.8, 4) is 5.75 Å². The highest BCUT2D eigenvalue weighted by molar-refractivity contribution is 6.04. The maximum atomic E-state index is 12.5. The third-order valence-electron chi connectivity index (χ3n) is 4.45. The highest BCUT2D eigenvalue weighted by atomic mass is 16.6. The minimum atomic E-state index is -0.701. The van der Waals surface area contributed by atoms with Gasteiger partial charge >= 0.3 is 0 Å².